The van der Waals surface area contributed by atoms with Gasteiger partial charge in [0.05, 0.1) is 16.0 Å². The van der Waals surface area contributed by atoms with Gasteiger partial charge in [-0.1, -0.05) is 96.5 Å². The van der Waals surface area contributed by atoms with Crippen molar-refractivity contribution < 1.29 is 14.5 Å². The smallest absolute Gasteiger partial charge is 0.313 e. The Hall–Kier alpha value is -3.94. The minimum Gasteiger partial charge on any atom is -0.460 e. The van der Waals surface area contributed by atoms with Gasteiger partial charge >= 0.3 is 5.97 Å². The number of hydrogen-bond acceptors (Lipinski definition) is 6. The minimum atomic E-state index is -0.641. The average Bonchev–Trinajstić information content (AvgIpc) is 3.47. The highest BCUT2D eigenvalue weighted by Gasteiger charge is 2.70. The third kappa shape index (κ3) is 5.05. The Bertz CT molecular complexity index is 2030. The average molecular weight is 719 g/mol. The number of hydrogen-bond donors (Lipinski definition) is 2. The van der Waals surface area contributed by atoms with E-state index in [1.165, 1.54) is 11.1 Å². The number of carbonyl (C=O) groups is 1. The zero-order valence-corrected chi connectivity index (χ0v) is 33.0. The predicted octanol–water partition coefficient (Wildman–Crippen LogP) is 10.3. The molecule has 0 saturated heterocycles. The largest absolute Gasteiger partial charge is 0.460 e. The van der Waals surface area contributed by atoms with Crippen molar-refractivity contribution in [3.05, 3.63) is 92.2 Å². The van der Waals surface area contributed by atoms with Gasteiger partial charge in [0.2, 0.25) is 0 Å². The highest BCUT2D eigenvalue weighted by atomic mass is 16.6. The van der Waals surface area contributed by atoms with Crippen molar-refractivity contribution in [2.45, 2.75) is 125 Å². The van der Waals surface area contributed by atoms with E-state index >= 15 is 0 Å². The van der Waals surface area contributed by atoms with Gasteiger partial charge < -0.3 is 10.5 Å². The van der Waals surface area contributed by atoms with Gasteiger partial charge in [0.1, 0.15) is 12.4 Å². The lowest BCUT2D eigenvalue weighted by molar-refractivity contribution is -0.385. The number of aromatic nitrogens is 2. The molecule has 7 atom stereocenters. The van der Waals surface area contributed by atoms with Gasteiger partial charge in [-0.3, -0.25) is 20.0 Å². The second kappa shape index (κ2) is 11.8. The molecule has 282 valence electrons. The summed E-state index contributed by atoms with van der Waals surface area (Å²) in [5.41, 5.74) is 13.1. The lowest BCUT2D eigenvalue weighted by Crippen LogP contribution is -2.65. The number of allylic oxidation sites excluding steroid dienone is 2. The quantitative estimate of drug-likeness (QED) is 0.154. The summed E-state index contributed by atoms with van der Waals surface area (Å²) in [5, 5.41) is 20.4. The van der Waals surface area contributed by atoms with E-state index < -0.39 is 5.41 Å². The van der Waals surface area contributed by atoms with Crippen LogP contribution in [0.4, 0.5) is 11.5 Å². The summed E-state index contributed by atoms with van der Waals surface area (Å²) in [4.78, 5) is 27.0. The first-order chi connectivity index (χ1) is 24.9. The molecule has 8 heteroatoms. The number of ether oxygens (including phenoxy) is 1. The van der Waals surface area contributed by atoms with Crippen LogP contribution >= 0.6 is 0 Å². The fourth-order valence-electron chi connectivity index (χ4n) is 13.3. The molecule has 3 saturated carbocycles. The second-order valence-electron chi connectivity index (χ2n) is 19.8. The molecule has 0 bridgehead atoms. The maximum absolute atomic E-state index is 14.8. The van der Waals surface area contributed by atoms with Crippen LogP contribution in [0.1, 0.15) is 128 Å². The first kappa shape index (κ1) is 36.1. The molecule has 3 N–H and O–H groups in total. The molecule has 8 nitrogen and oxygen atoms in total. The van der Waals surface area contributed by atoms with Gasteiger partial charge in [-0.15, -0.1) is 0 Å². The molecule has 1 aromatic heterocycles. The summed E-state index contributed by atoms with van der Waals surface area (Å²) >= 11 is 0. The fourth-order valence-corrected chi connectivity index (χ4v) is 13.3. The number of nitrogen functional groups attached to an aromatic ring is 1. The zero-order chi connectivity index (χ0) is 37.9. The standard InChI is InChI=1S/C45H58N4O4/c1-27-14-15-29(22-33(27)49(51)52)30-23-35-42(6)24-31-37(47-48-38(31)46)41(4,5)34(42)16-17-43(35,7)44(8)19-21-45(20-18-40(2,3)25-32(45)36(30)44)39(50)53-26-28-12-10-9-11-13-28/h9-15,22,32,34-35H,16-21,23-26H2,1-8H3,(H3,46,47,48)/t32?,34?,35?,42-,43+,44+,45-/m0/s1. The van der Waals surface area contributed by atoms with Crippen LogP contribution in [-0.2, 0) is 28.0 Å². The summed E-state index contributed by atoms with van der Waals surface area (Å²) in [6, 6.07) is 15.9. The molecule has 0 aliphatic heterocycles. The van der Waals surface area contributed by atoms with Gasteiger partial charge in [-0.05, 0) is 121 Å². The number of benzene rings is 2. The van der Waals surface area contributed by atoms with Gasteiger partial charge in [0, 0.05) is 22.6 Å². The van der Waals surface area contributed by atoms with Crippen molar-refractivity contribution in [2.24, 2.45) is 44.8 Å². The normalized spacial score (nSPS) is 35.2. The number of nitro benzene ring substituents is 1. The lowest BCUT2D eigenvalue weighted by atomic mass is 9.33. The Labute approximate surface area is 314 Å². The molecule has 53 heavy (non-hydrogen) atoms. The van der Waals surface area contributed by atoms with Crippen LogP contribution in [-0.4, -0.2) is 21.1 Å². The number of carbonyl (C=O) groups excluding carboxylic acids is 1. The number of rotatable bonds is 5. The third-order valence-corrected chi connectivity index (χ3v) is 16.3. The fraction of sp³-hybridized carbons (Fsp3) is 0.600. The van der Waals surface area contributed by atoms with Gasteiger partial charge in [0.15, 0.2) is 0 Å². The molecule has 0 amide bonds. The maximum Gasteiger partial charge on any atom is 0.313 e. The highest BCUT2D eigenvalue weighted by Crippen LogP contribution is 2.77. The van der Waals surface area contributed by atoms with Crippen LogP contribution in [0, 0.1) is 61.9 Å². The number of nitro groups is 1. The van der Waals surface area contributed by atoms with Crippen molar-refractivity contribution in [3.63, 3.8) is 0 Å². The van der Waals surface area contributed by atoms with E-state index in [4.69, 9.17) is 15.6 Å². The summed E-state index contributed by atoms with van der Waals surface area (Å²) < 4.78 is 6.32. The molecule has 5 aliphatic carbocycles. The van der Waals surface area contributed by atoms with E-state index in [9.17, 15) is 14.9 Å². The topological polar surface area (TPSA) is 124 Å². The number of H-pyrrole nitrogens is 1. The highest BCUT2D eigenvalue weighted by molar-refractivity contribution is 5.82. The first-order valence-corrected chi connectivity index (χ1v) is 19.9. The van der Waals surface area contributed by atoms with Crippen molar-refractivity contribution >= 4 is 23.0 Å². The predicted molar refractivity (Wildman–Crippen MR) is 209 cm³/mol. The van der Waals surface area contributed by atoms with Crippen LogP contribution in [0.15, 0.2) is 54.1 Å². The number of nitrogens with two attached hydrogens (primary N) is 1. The summed E-state index contributed by atoms with van der Waals surface area (Å²) in [6.07, 6.45) is 8.15. The zero-order valence-electron chi connectivity index (χ0n) is 33.0. The molecule has 3 unspecified atom stereocenters. The number of anilines is 1. The first-order valence-electron chi connectivity index (χ1n) is 19.9. The number of nitrogens with one attached hydrogen (secondary N) is 1. The van der Waals surface area contributed by atoms with Crippen LogP contribution in [0.3, 0.4) is 0 Å². The molecule has 1 heterocycles. The Morgan fingerprint density at radius 1 is 0.981 bits per heavy atom. The van der Waals surface area contributed by atoms with Crippen molar-refractivity contribution in [1.29, 1.82) is 0 Å². The van der Waals surface area contributed by atoms with Crippen LogP contribution in [0.5, 0.6) is 0 Å². The van der Waals surface area contributed by atoms with E-state index in [2.05, 4.69) is 59.6 Å². The molecule has 5 aliphatic rings. The van der Waals surface area contributed by atoms with Crippen molar-refractivity contribution in [1.82, 2.24) is 10.2 Å². The van der Waals surface area contributed by atoms with Gasteiger partial charge in [0.25, 0.3) is 5.69 Å². The second-order valence-corrected chi connectivity index (χ2v) is 19.8. The summed E-state index contributed by atoms with van der Waals surface area (Å²) in [6.45, 7) is 19.1. The Morgan fingerprint density at radius 2 is 1.70 bits per heavy atom. The summed E-state index contributed by atoms with van der Waals surface area (Å²) in [7, 11) is 0. The van der Waals surface area contributed by atoms with E-state index in [1.807, 2.05) is 49.4 Å². The van der Waals surface area contributed by atoms with E-state index in [0.717, 1.165) is 80.2 Å². The number of fused-ring (bicyclic) bond motifs is 8. The molecule has 0 radical (unpaired) electrons. The lowest BCUT2D eigenvalue weighted by Gasteiger charge is -2.71. The Morgan fingerprint density at radius 3 is 2.42 bits per heavy atom. The maximum atomic E-state index is 14.8. The Balaban J connectivity index is 1.34. The number of aromatic amines is 1. The molecule has 8 rings (SSSR count). The number of aryl methyl sites for hydroxylation is 1. The summed E-state index contributed by atoms with van der Waals surface area (Å²) in [5.74, 6) is 1.25. The third-order valence-electron chi connectivity index (χ3n) is 16.3. The molecular weight excluding hydrogens is 661 g/mol. The minimum absolute atomic E-state index is 0.0224. The van der Waals surface area contributed by atoms with E-state index in [-0.39, 0.29) is 62.1 Å². The molecule has 2 aromatic carbocycles. The molecule has 0 spiro atoms. The monoisotopic (exact) mass is 718 g/mol. The molecular formula is C45H58N4O4. The number of nitrogens with zero attached hydrogens (tertiary/aromatic N) is 2. The molecule has 3 fully saturated rings. The van der Waals surface area contributed by atoms with Crippen molar-refractivity contribution in [2.75, 3.05) is 5.73 Å². The Kier molecular flexibility index (Phi) is 8.01. The van der Waals surface area contributed by atoms with Crippen LogP contribution in [0.25, 0.3) is 5.57 Å². The van der Waals surface area contributed by atoms with Gasteiger partial charge in [-0.2, -0.15) is 5.10 Å². The van der Waals surface area contributed by atoms with Crippen LogP contribution in [0.2, 0.25) is 0 Å². The van der Waals surface area contributed by atoms with E-state index in [0.29, 0.717) is 17.3 Å². The number of esters is 1. The molecule has 3 aromatic rings. The van der Waals surface area contributed by atoms with Gasteiger partial charge in [-0.25, -0.2) is 0 Å². The van der Waals surface area contributed by atoms with E-state index in [1.54, 1.807) is 0 Å². The SMILES string of the molecule is Cc1ccc(C2=C3C4CC(C)(C)CC[C@]4(C(=O)OCc4ccccc4)CC[C@@]3(C)[C@]3(C)CCC4C(C)(C)c5n[nH]c(N)c5C[C@]4(C)C3C2)cc1[N+](=O)[O-]. The van der Waals surface area contributed by atoms with Crippen LogP contribution < -0.4 is 5.73 Å². The van der Waals surface area contributed by atoms with Crippen molar-refractivity contribution in [3.8, 4) is 0 Å².